The van der Waals surface area contributed by atoms with E-state index in [2.05, 4.69) is 27.2 Å². The Morgan fingerprint density at radius 2 is 1.95 bits per heavy atom. The van der Waals surface area contributed by atoms with Crippen LogP contribution >= 0.6 is 0 Å². The number of aromatic nitrogens is 3. The zero-order valence-electron chi connectivity index (χ0n) is 21.7. The molecule has 0 bridgehead atoms. The molecule has 1 aliphatic rings. The number of benzene rings is 1. The van der Waals surface area contributed by atoms with Crippen molar-refractivity contribution in [2.45, 2.75) is 25.4 Å². The van der Waals surface area contributed by atoms with Crippen LogP contribution in [0.2, 0.25) is 0 Å². The minimum absolute atomic E-state index is 0.0261. The first-order valence-electron chi connectivity index (χ1n) is 12.1. The molecule has 3 heterocycles. The van der Waals surface area contributed by atoms with Crippen molar-refractivity contribution in [2.24, 2.45) is 0 Å². The van der Waals surface area contributed by atoms with Gasteiger partial charge in [0.15, 0.2) is 29.0 Å². The number of ether oxygens (including phenoxy) is 3. The molecule has 1 aliphatic heterocycles. The molecule has 2 atom stereocenters. The van der Waals surface area contributed by atoms with Crippen LogP contribution in [0.1, 0.15) is 13.3 Å². The Balaban J connectivity index is 1.79. The van der Waals surface area contributed by atoms with E-state index < -0.39 is 11.6 Å². The number of amides is 1. The van der Waals surface area contributed by atoms with Gasteiger partial charge in [0.2, 0.25) is 11.9 Å². The van der Waals surface area contributed by atoms with Crippen LogP contribution in [0.4, 0.5) is 20.5 Å². The summed E-state index contributed by atoms with van der Waals surface area (Å²) in [6.07, 6.45) is 3.42. The van der Waals surface area contributed by atoms with Gasteiger partial charge in [-0.25, -0.2) is 23.7 Å². The maximum absolute atomic E-state index is 15.2. The Morgan fingerprint density at radius 1 is 1.24 bits per heavy atom. The van der Waals surface area contributed by atoms with Gasteiger partial charge in [-0.15, -0.1) is 0 Å². The number of anilines is 2. The highest BCUT2D eigenvalue weighted by Crippen LogP contribution is 2.38. The molecule has 12 heteroatoms. The standard InChI is InChI=1S/C26H30F2N6O4/c1-6-20(35)31-15-8-9-38-13-17(15)34(3)26-30-12-14-10-16(32-25(29-7-2)24(14)33-26)21-22(27)18(36-4)11-19(37-5)23(21)28/h6,10-12,15,17H,1,7-9,13H2,2-5H3,(H,29,32)(H,31,35)/t15-,17+/m0/s1. The fourth-order valence-electron chi connectivity index (χ4n) is 4.39. The molecule has 0 unspecified atom stereocenters. The van der Waals surface area contributed by atoms with Gasteiger partial charge < -0.3 is 29.7 Å². The number of methoxy groups -OCH3 is 2. The Morgan fingerprint density at radius 3 is 2.58 bits per heavy atom. The second-order valence-electron chi connectivity index (χ2n) is 8.64. The van der Waals surface area contributed by atoms with Gasteiger partial charge in [0.1, 0.15) is 5.52 Å². The zero-order valence-corrected chi connectivity index (χ0v) is 21.7. The first-order chi connectivity index (χ1) is 18.3. The van der Waals surface area contributed by atoms with Crippen LogP contribution in [0.5, 0.6) is 11.5 Å². The number of halogens is 2. The number of fused-ring (bicyclic) bond motifs is 1. The van der Waals surface area contributed by atoms with Crippen LogP contribution < -0.4 is 25.0 Å². The molecule has 1 amide bonds. The summed E-state index contributed by atoms with van der Waals surface area (Å²) in [5, 5.41) is 6.58. The second-order valence-corrected chi connectivity index (χ2v) is 8.64. The van der Waals surface area contributed by atoms with Crippen LogP contribution in [-0.2, 0) is 9.53 Å². The predicted molar refractivity (Wildman–Crippen MR) is 140 cm³/mol. The maximum atomic E-state index is 15.2. The van der Waals surface area contributed by atoms with Gasteiger partial charge >= 0.3 is 0 Å². The monoisotopic (exact) mass is 528 g/mol. The molecule has 0 spiro atoms. The zero-order chi connectivity index (χ0) is 27.4. The fraction of sp³-hybridized carbons (Fsp3) is 0.385. The van der Waals surface area contributed by atoms with Crippen LogP contribution in [0.25, 0.3) is 22.2 Å². The average Bonchev–Trinajstić information content (AvgIpc) is 2.93. The molecule has 38 heavy (non-hydrogen) atoms. The summed E-state index contributed by atoms with van der Waals surface area (Å²) in [6.45, 7) is 6.76. The average molecular weight is 529 g/mol. The van der Waals surface area contributed by atoms with Gasteiger partial charge in [-0.05, 0) is 25.5 Å². The number of carbonyl (C=O) groups excluding carboxylic acids is 1. The van der Waals surface area contributed by atoms with E-state index in [0.717, 1.165) is 6.07 Å². The molecule has 4 rings (SSSR count). The van der Waals surface area contributed by atoms with Gasteiger partial charge in [-0.3, -0.25) is 4.79 Å². The first-order valence-corrected chi connectivity index (χ1v) is 12.1. The van der Waals surface area contributed by atoms with Crippen molar-refractivity contribution in [1.82, 2.24) is 20.3 Å². The Labute approximate surface area is 219 Å². The van der Waals surface area contributed by atoms with Gasteiger partial charge in [0.25, 0.3) is 0 Å². The van der Waals surface area contributed by atoms with E-state index in [-0.39, 0.29) is 40.7 Å². The lowest BCUT2D eigenvalue weighted by molar-refractivity contribution is -0.117. The SMILES string of the molecule is C=CC(=O)N[C@H]1CCOC[C@H]1N(C)c1ncc2cc(-c3c(F)c(OC)cc(OC)c3F)nc(NCC)c2n1. The molecule has 1 aromatic carbocycles. The van der Waals surface area contributed by atoms with Crippen molar-refractivity contribution < 1.29 is 27.8 Å². The van der Waals surface area contributed by atoms with Crippen molar-refractivity contribution in [1.29, 1.82) is 0 Å². The van der Waals surface area contributed by atoms with Crippen molar-refractivity contribution in [3.05, 3.63) is 42.6 Å². The topological polar surface area (TPSA) is 111 Å². The normalized spacial score (nSPS) is 17.1. The summed E-state index contributed by atoms with van der Waals surface area (Å²) in [7, 11) is 4.39. The highest BCUT2D eigenvalue weighted by atomic mass is 19.1. The Bertz CT molecular complexity index is 1330. The summed E-state index contributed by atoms with van der Waals surface area (Å²) >= 11 is 0. The third-order valence-corrected chi connectivity index (χ3v) is 6.38. The van der Waals surface area contributed by atoms with E-state index in [0.29, 0.717) is 48.8 Å². The van der Waals surface area contributed by atoms with Gasteiger partial charge in [0.05, 0.1) is 44.2 Å². The number of nitrogens with zero attached hydrogens (tertiary/aromatic N) is 4. The number of likely N-dealkylation sites (N-methyl/N-ethyl adjacent to an activating group) is 1. The molecular formula is C26H30F2N6O4. The quantitative estimate of drug-likeness (QED) is 0.404. The molecule has 0 radical (unpaired) electrons. The second kappa shape index (κ2) is 11.5. The lowest BCUT2D eigenvalue weighted by Crippen LogP contribution is -2.56. The number of nitrogens with one attached hydrogen (secondary N) is 2. The molecule has 0 saturated carbocycles. The van der Waals surface area contributed by atoms with Crippen LogP contribution in [0.3, 0.4) is 0 Å². The largest absolute Gasteiger partial charge is 0.494 e. The molecule has 10 nitrogen and oxygen atoms in total. The number of hydrogen-bond acceptors (Lipinski definition) is 9. The number of carbonyl (C=O) groups is 1. The van der Waals surface area contributed by atoms with Crippen LogP contribution in [-0.4, -0.2) is 74.0 Å². The Kier molecular flexibility index (Phi) is 8.20. The van der Waals surface area contributed by atoms with E-state index >= 15 is 8.78 Å². The molecule has 0 aliphatic carbocycles. The van der Waals surface area contributed by atoms with Crippen LogP contribution in [0.15, 0.2) is 31.0 Å². The maximum Gasteiger partial charge on any atom is 0.243 e. The van der Waals surface area contributed by atoms with E-state index in [4.69, 9.17) is 19.2 Å². The molecular weight excluding hydrogens is 498 g/mol. The molecule has 2 aromatic heterocycles. The highest BCUT2D eigenvalue weighted by Gasteiger charge is 2.32. The van der Waals surface area contributed by atoms with E-state index in [1.807, 2.05) is 18.9 Å². The fourth-order valence-corrected chi connectivity index (χ4v) is 4.39. The summed E-state index contributed by atoms with van der Waals surface area (Å²) in [6, 6.07) is 2.23. The lowest BCUT2D eigenvalue weighted by Gasteiger charge is -2.38. The number of rotatable bonds is 9. The molecule has 1 saturated heterocycles. The summed E-state index contributed by atoms with van der Waals surface area (Å²) in [4.78, 5) is 27.5. The van der Waals surface area contributed by atoms with Gasteiger partial charge in [-0.1, -0.05) is 6.58 Å². The minimum atomic E-state index is -0.901. The lowest BCUT2D eigenvalue weighted by atomic mass is 10.0. The number of hydrogen-bond donors (Lipinski definition) is 2. The van der Waals surface area contributed by atoms with Gasteiger partial charge in [0, 0.05) is 37.8 Å². The smallest absolute Gasteiger partial charge is 0.243 e. The molecule has 2 N–H and O–H groups in total. The Hall–Kier alpha value is -4.06. The molecule has 202 valence electrons. The first kappa shape index (κ1) is 27.0. The van der Waals surface area contributed by atoms with Crippen LogP contribution in [0, 0.1) is 11.6 Å². The van der Waals surface area contributed by atoms with Crippen molar-refractivity contribution in [3.8, 4) is 22.8 Å². The molecule has 1 fully saturated rings. The minimum Gasteiger partial charge on any atom is -0.494 e. The predicted octanol–water partition coefficient (Wildman–Crippen LogP) is 3.31. The summed E-state index contributed by atoms with van der Waals surface area (Å²) < 4.78 is 46.2. The van der Waals surface area contributed by atoms with Gasteiger partial charge in [-0.2, -0.15) is 0 Å². The number of pyridine rings is 1. The van der Waals surface area contributed by atoms with E-state index in [1.54, 1.807) is 6.20 Å². The van der Waals surface area contributed by atoms with E-state index in [1.165, 1.54) is 26.4 Å². The highest BCUT2D eigenvalue weighted by molar-refractivity contribution is 5.92. The van der Waals surface area contributed by atoms with Crippen molar-refractivity contribution >= 4 is 28.6 Å². The molecule has 3 aromatic rings. The van der Waals surface area contributed by atoms with Crippen molar-refractivity contribution in [2.75, 3.05) is 51.2 Å². The third-order valence-electron chi connectivity index (χ3n) is 6.38. The third kappa shape index (κ3) is 5.17. The summed E-state index contributed by atoms with van der Waals surface area (Å²) in [5.74, 6) is -1.72. The van der Waals surface area contributed by atoms with Crippen molar-refractivity contribution in [3.63, 3.8) is 0 Å². The summed E-state index contributed by atoms with van der Waals surface area (Å²) in [5.41, 5.74) is 0.105. The van der Waals surface area contributed by atoms with E-state index in [9.17, 15) is 4.79 Å².